The van der Waals surface area contributed by atoms with Gasteiger partial charge in [0, 0.05) is 16.1 Å². The second kappa shape index (κ2) is 9.82. The minimum atomic E-state index is -0.692. The smallest absolute Gasteiger partial charge is 0.251 e. The van der Waals surface area contributed by atoms with Gasteiger partial charge < -0.3 is 5.32 Å². The highest BCUT2D eigenvalue weighted by molar-refractivity contribution is 7.18. The van der Waals surface area contributed by atoms with Crippen LogP contribution < -0.4 is 10.6 Å². The maximum Gasteiger partial charge on any atom is 0.251 e. The van der Waals surface area contributed by atoms with Crippen LogP contribution in [0.3, 0.4) is 0 Å². The molecule has 2 N–H and O–H groups in total. The van der Waals surface area contributed by atoms with Crippen LogP contribution in [0.15, 0.2) is 48.5 Å². The van der Waals surface area contributed by atoms with Gasteiger partial charge in [-0.3, -0.25) is 14.9 Å². The van der Waals surface area contributed by atoms with E-state index in [4.69, 9.17) is 11.6 Å². The highest BCUT2D eigenvalue weighted by Gasteiger charge is 2.27. The minimum absolute atomic E-state index is 0.0558. The van der Waals surface area contributed by atoms with Crippen molar-refractivity contribution in [3.8, 4) is 10.6 Å². The van der Waals surface area contributed by atoms with E-state index >= 15 is 0 Å². The molecule has 156 valence electrons. The van der Waals surface area contributed by atoms with Gasteiger partial charge in [0.25, 0.3) is 5.91 Å². The molecule has 2 amide bonds. The molecule has 30 heavy (non-hydrogen) atoms. The topological polar surface area (TPSA) is 84.0 Å². The van der Waals surface area contributed by atoms with Crippen molar-refractivity contribution in [3.05, 3.63) is 64.7 Å². The van der Waals surface area contributed by atoms with E-state index in [1.807, 2.05) is 45.0 Å². The molecule has 0 fully saturated rings. The number of hydrogen-bond acceptors (Lipinski definition) is 5. The molecule has 0 saturated heterocycles. The zero-order valence-corrected chi connectivity index (χ0v) is 18.6. The number of halogens is 1. The molecule has 2 atom stereocenters. The van der Waals surface area contributed by atoms with Crippen LogP contribution in [0, 0.1) is 12.8 Å². The lowest BCUT2D eigenvalue weighted by Gasteiger charge is -2.23. The summed E-state index contributed by atoms with van der Waals surface area (Å²) in [5.74, 6) is -0.661. The fourth-order valence-electron chi connectivity index (χ4n) is 2.83. The lowest BCUT2D eigenvalue weighted by Crippen LogP contribution is -2.47. The molecular formula is C22H23ClN4O2S. The summed E-state index contributed by atoms with van der Waals surface area (Å²) in [7, 11) is 0. The second-order valence-electron chi connectivity index (χ2n) is 7.11. The molecule has 2 aromatic carbocycles. The molecule has 0 spiro atoms. The van der Waals surface area contributed by atoms with Gasteiger partial charge in [-0.15, -0.1) is 10.2 Å². The Kier molecular flexibility index (Phi) is 7.18. The number of rotatable bonds is 7. The third-order valence-corrected chi connectivity index (χ3v) is 5.95. The first kappa shape index (κ1) is 21.9. The normalized spacial score (nSPS) is 12.8. The minimum Gasteiger partial charge on any atom is -0.340 e. The highest BCUT2D eigenvalue weighted by Crippen LogP contribution is 2.28. The first-order chi connectivity index (χ1) is 14.4. The molecular weight excluding hydrogens is 420 g/mol. The molecule has 0 aliphatic heterocycles. The Hall–Kier alpha value is -2.77. The van der Waals surface area contributed by atoms with Gasteiger partial charge in [-0.2, -0.15) is 0 Å². The fraction of sp³-hybridized carbons (Fsp3) is 0.273. The van der Waals surface area contributed by atoms with Crippen LogP contribution in [-0.4, -0.2) is 28.1 Å². The molecule has 2 unspecified atom stereocenters. The average Bonchev–Trinajstić information content (AvgIpc) is 3.20. The lowest BCUT2D eigenvalue weighted by atomic mass is 9.98. The van der Waals surface area contributed by atoms with Crippen LogP contribution in [-0.2, 0) is 4.79 Å². The van der Waals surface area contributed by atoms with Crippen molar-refractivity contribution in [2.75, 3.05) is 5.32 Å². The molecule has 1 aromatic heterocycles. The van der Waals surface area contributed by atoms with Crippen LogP contribution in [0.4, 0.5) is 5.13 Å². The summed E-state index contributed by atoms with van der Waals surface area (Å²) >= 11 is 7.28. The summed E-state index contributed by atoms with van der Waals surface area (Å²) in [5, 5.41) is 15.4. The number of aromatic nitrogens is 2. The maximum absolute atomic E-state index is 12.9. The predicted molar refractivity (Wildman–Crippen MR) is 121 cm³/mol. The van der Waals surface area contributed by atoms with Crippen molar-refractivity contribution in [1.82, 2.24) is 15.5 Å². The van der Waals surface area contributed by atoms with Gasteiger partial charge in [0.2, 0.25) is 11.0 Å². The van der Waals surface area contributed by atoms with E-state index in [9.17, 15) is 9.59 Å². The number of aryl methyl sites for hydroxylation is 1. The zero-order chi connectivity index (χ0) is 21.7. The van der Waals surface area contributed by atoms with E-state index in [2.05, 4.69) is 20.8 Å². The van der Waals surface area contributed by atoms with Crippen molar-refractivity contribution in [2.45, 2.75) is 33.2 Å². The van der Waals surface area contributed by atoms with E-state index in [1.54, 1.807) is 24.3 Å². The average molecular weight is 443 g/mol. The Balaban J connectivity index is 1.73. The van der Waals surface area contributed by atoms with Gasteiger partial charge in [-0.05, 0) is 37.1 Å². The zero-order valence-electron chi connectivity index (χ0n) is 17.0. The summed E-state index contributed by atoms with van der Waals surface area (Å²) in [6.45, 7) is 5.86. The van der Waals surface area contributed by atoms with E-state index in [0.29, 0.717) is 20.7 Å². The van der Waals surface area contributed by atoms with Crippen molar-refractivity contribution in [3.63, 3.8) is 0 Å². The number of amides is 2. The van der Waals surface area contributed by atoms with Gasteiger partial charge in [0.1, 0.15) is 11.0 Å². The van der Waals surface area contributed by atoms with E-state index < -0.39 is 6.04 Å². The number of nitrogens with one attached hydrogen (secondary N) is 2. The van der Waals surface area contributed by atoms with Crippen molar-refractivity contribution in [2.24, 2.45) is 5.92 Å². The molecule has 0 bridgehead atoms. The van der Waals surface area contributed by atoms with Gasteiger partial charge in [0.15, 0.2) is 0 Å². The quantitative estimate of drug-likeness (QED) is 0.542. The molecule has 3 aromatic rings. The Morgan fingerprint density at radius 2 is 1.87 bits per heavy atom. The summed E-state index contributed by atoms with van der Waals surface area (Å²) < 4.78 is 0. The number of anilines is 1. The van der Waals surface area contributed by atoms with Gasteiger partial charge >= 0.3 is 0 Å². The second-order valence-corrected chi connectivity index (χ2v) is 8.53. The monoisotopic (exact) mass is 442 g/mol. The number of benzene rings is 2. The van der Waals surface area contributed by atoms with Gasteiger partial charge in [0.05, 0.1) is 0 Å². The summed E-state index contributed by atoms with van der Waals surface area (Å²) in [5.41, 5.74) is 2.40. The number of carbonyl (C=O) groups excluding carboxylic acids is 2. The Labute approximate surface area is 184 Å². The fourth-order valence-corrected chi connectivity index (χ4v) is 3.76. The standard InChI is InChI=1S/C22H23ClN4O2S/c1-4-14(3)18(24-19(28)15-10-8-13(2)9-11-15)20(29)25-22-27-26-21(30-22)16-6-5-7-17(23)12-16/h5-12,14,18H,4H2,1-3H3,(H,24,28)(H,25,27,29). The van der Waals surface area contributed by atoms with Crippen LogP contribution >= 0.6 is 22.9 Å². The van der Waals surface area contributed by atoms with Crippen LogP contribution in [0.5, 0.6) is 0 Å². The molecule has 6 nitrogen and oxygen atoms in total. The third-order valence-electron chi connectivity index (χ3n) is 4.82. The van der Waals surface area contributed by atoms with Crippen LogP contribution in [0.25, 0.3) is 10.6 Å². The molecule has 8 heteroatoms. The third kappa shape index (κ3) is 5.43. The summed E-state index contributed by atoms with van der Waals surface area (Å²) in [6.07, 6.45) is 0.732. The van der Waals surface area contributed by atoms with Crippen LogP contribution in [0.1, 0.15) is 36.2 Å². The van der Waals surface area contributed by atoms with Crippen molar-refractivity contribution < 1.29 is 9.59 Å². The van der Waals surface area contributed by atoms with Gasteiger partial charge in [-0.1, -0.05) is 73.0 Å². The first-order valence-corrected chi connectivity index (χ1v) is 10.8. The Morgan fingerprint density at radius 3 is 2.53 bits per heavy atom. The number of hydrogen-bond donors (Lipinski definition) is 2. The first-order valence-electron chi connectivity index (χ1n) is 9.65. The molecule has 0 aliphatic rings. The Bertz CT molecular complexity index is 1040. The Morgan fingerprint density at radius 1 is 1.13 bits per heavy atom. The van der Waals surface area contributed by atoms with Crippen molar-refractivity contribution >= 4 is 39.9 Å². The molecule has 1 heterocycles. The van der Waals surface area contributed by atoms with Crippen molar-refractivity contribution in [1.29, 1.82) is 0 Å². The SMILES string of the molecule is CCC(C)C(NC(=O)c1ccc(C)cc1)C(=O)Nc1nnc(-c2cccc(Cl)c2)s1. The molecule has 0 radical (unpaired) electrons. The maximum atomic E-state index is 12.9. The van der Waals surface area contributed by atoms with Crippen LogP contribution in [0.2, 0.25) is 5.02 Å². The lowest BCUT2D eigenvalue weighted by molar-refractivity contribution is -0.119. The van der Waals surface area contributed by atoms with E-state index in [1.165, 1.54) is 11.3 Å². The molecule has 0 aliphatic carbocycles. The summed E-state index contributed by atoms with van der Waals surface area (Å²) in [4.78, 5) is 25.6. The largest absolute Gasteiger partial charge is 0.340 e. The van der Waals surface area contributed by atoms with E-state index in [-0.39, 0.29) is 17.7 Å². The highest BCUT2D eigenvalue weighted by atomic mass is 35.5. The van der Waals surface area contributed by atoms with E-state index in [0.717, 1.165) is 17.5 Å². The number of nitrogens with zero attached hydrogens (tertiary/aromatic N) is 2. The van der Waals surface area contributed by atoms with Gasteiger partial charge in [-0.25, -0.2) is 0 Å². The predicted octanol–water partition coefficient (Wildman–Crippen LogP) is 4.95. The number of carbonyl (C=O) groups is 2. The molecule has 3 rings (SSSR count). The molecule has 0 saturated carbocycles. The summed E-state index contributed by atoms with van der Waals surface area (Å²) in [6, 6.07) is 13.8.